The fraction of sp³-hybridized carbons (Fsp3) is 0.120. The molecule has 0 saturated carbocycles. The van der Waals surface area contributed by atoms with Crippen molar-refractivity contribution in [2.45, 2.75) is 18.2 Å². The van der Waals surface area contributed by atoms with E-state index in [1.54, 1.807) is 29.5 Å². The number of aryl methyl sites for hydroxylation is 1. The van der Waals surface area contributed by atoms with Crippen LogP contribution in [0.5, 0.6) is 0 Å². The molecule has 2 heterocycles. The predicted molar refractivity (Wildman–Crippen MR) is 131 cm³/mol. The second kappa shape index (κ2) is 8.46. The van der Waals surface area contributed by atoms with Crippen LogP contribution in [0, 0.1) is 6.92 Å². The van der Waals surface area contributed by atoms with Gasteiger partial charge in [-0.15, -0.1) is 11.3 Å². The van der Waals surface area contributed by atoms with Crippen LogP contribution in [0.2, 0.25) is 0 Å². The Bertz CT molecular complexity index is 1460. The van der Waals surface area contributed by atoms with Crippen LogP contribution in [-0.4, -0.2) is 25.9 Å². The van der Waals surface area contributed by atoms with E-state index < -0.39 is 10.0 Å². The lowest BCUT2D eigenvalue weighted by molar-refractivity contribution is 0.102. The predicted octanol–water partition coefficient (Wildman–Crippen LogP) is 5.12. The highest BCUT2D eigenvalue weighted by molar-refractivity contribution is 7.92. The van der Waals surface area contributed by atoms with Crippen LogP contribution in [0.1, 0.15) is 20.9 Å². The van der Waals surface area contributed by atoms with E-state index in [9.17, 15) is 13.2 Å². The SMILES string of the molecule is Cc1nc(-c2cccc(NC(=O)c3cccc(S(=O)(=O)N4CCc5ccccc54)c3)c2)cs1. The quantitative estimate of drug-likeness (QED) is 0.434. The Kier molecular flexibility index (Phi) is 5.47. The monoisotopic (exact) mass is 475 g/mol. The Morgan fingerprint density at radius 3 is 2.67 bits per heavy atom. The Labute approximate surface area is 196 Å². The molecule has 0 fully saturated rings. The average Bonchev–Trinajstić information content (AvgIpc) is 3.46. The molecule has 1 aromatic heterocycles. The summed E-state index contributed by atoms with van der Waals surface area (Å²) in [6.07, 6.45) is 0.671. The smallest absolute Gasteiger partial charge is 0.264 e. The number of thiazole rings is 1. The summed E-state index contributed by atoms with van der Waals surface area (Å²) in [6.45, 7) is 2.34. The third-order valence-corrected chi connectivity index (χ3v) is 8.15. The lowest BCUT2D eigenvalue weighted by atomic mass is 10.1. The van der Waals surface area contributed by atoms with Crippen molar-refractivity contribution in [3.63, 3.8) is 0 Å². The van der Waals surface area contributed by atoms with Crippen molar-refractivity contribution in [1.29, 1.82) is 0 Å². The molecule has 1 aliphatic heterocycles. The Morgan fingerprint density at radius 2 is 1.85 bits per heavy atom. The molecule has 5 rings (SSSR count). The topological polar surface area (TPSA) is 79.4 Å². The molecule has 0 atom stereocenters. The van der Waals surface area contributed by atoms with Crippen LogP contribution in [0.15, 0.2) is 83.1 Å². The van der Waals surface area contributed by atoms with Crippen molar-refractivity contribution in [2.75, 3.05) is 16.2 Å². The van der Waals surface area contributed by atoms with Crippen LogP contribution < -0.4 is 9.62 Å². The first kappa shape index (κ1) is 21.4. The largest absolute Gasteiger partial charge is 0.322 e. The highest BCUT2D eigenvalue weighted by atomic mass is 32.2. The van der Waals surface area contributed by atoms with Crippen molar-refractivity contribution >= 4 is 38.6 Å². The molecule has 0 aliphatic carbocycles. The molecule has 1 amide bonds. The number of benzene rings is 3. The van der Waals surface area contributed by atoms with Gasteiger partial charge in [-0.1, -0.05) is 36.4 Å². The van der Waals surface area contributed by atoms with Gasteiger partial charge in [0.2, 0.25) is 0 Å². The van der Waals surface area contributed by atoms with Crippen LogP contribution in [0.25, 0.3) is 11.3 Å². The Balaban J connectivity index is 1.39. The third kappa shape index (κ3) is 4.15. The minimum atomic E-state index is -3.78. The first-order chi connectivity index (χ1) is 15.9. The summed E-state index contributed by atoms with van der Waals surface area (Å²) in [5.41, 5.74) is 4.35. The fourth-order valence-electron chi connectivity index (χ4n) is 3.94. The summed E-state index contributed by atoms with van der Waals surface area (Å²) in [4.78, 5) is 17.5. The number of fused-ring (bicyclic) bond motifs is 1. The lowest BCUT2D eigenvalue weighted by Gasteiger charge is -2.20. The van der Waals surface area contributed by atoms with E-state index in [1.807, 2.05) is 54.8 Å². The van der Waals surface area contributed by atoms with Gasteiger partial charge in [0.25, 0.3) is 15.9 Å². The zero-order valence-electron chi connectivity index (χ0n) is 17.9. The minimum Gasteiger partial charge on any atom is -0.322 e. The first-order valence-corrected chi connectivity index (χ1v) is 12.8. The Hall–Kier alpha value is -3.49. The lowest BCUT2D eigenvalue weighted by Crippen LogP contribution is -2.29. The van der Waals surface area contributed by atoms with Gasteiger partial charge in [-0.05, 0) is 55.3 Å². The van der Waals surface area contributed by atoms with Crippen LogP contribution in [0.4, 0.5) is 11.4 Å². The van der Waals surface area contributed by atoms with Crippen LogP contribution in [-0.2, 0) is 16.4 Å². The fourth-order valence-corrected chi connectivity index (χ4v) is 6.11. The summed E-state index contributed by atoms with van der Waals surface area (Å²) in [7, 11) is -3.78. The van der Waals surface area contributed by atoms with E-state index in [0.29, 0.717) is 24.3 Å². The normalized spacial score (nSPS) is 13.1. The van der Waals surface area contributed by atoms with Crippen molar-refractivity contribution in [3.8, 4) is 11.3 Å². The van der Waals surface area contributed by atoms with Gasteiger partial charge in [-0.3, -0.25) is 9.10 Å². The first-order valence-electron chi connectivity index (χ1n) is 10.5. The molecular formula is C25H21N3O3S2. The van der Waals surface area contributed by atoms with E-state index in [2.05, 4.69) is 10.3 Å². The maximum atomic E-state index is 13.3. The number of nitrogens with one attached hydrogen (secondary N) is 1. The van der Waals surface area contributed by atoms with Gasteiger partial charge in [-0.25, -0.2) is 13.4 Å². The molecule has 0 bridgehead atoms. The number of hydrogen-bond acceptors (Lipinski definition) is 5. The zero-order chi connectivity index (χ0) is 23.0. The second-order valence-corrected chi connectivity index (χ2v) is 10.7. The van der Waals surface area contributed by atoms with E-state index in [1.165, 1.54) is 16.4 Å². The molecule has 3 aromatic carbocycles. The van der Waals surface area contributed by atoms with Crippen LogP contribution >= 0.6 is 11.3 Å². The number of sulfonamides is 1. The van der Waals surface area contributed by atoms with Crippen LogP contribution in [0.3, 0.4) is 0 Å². The average molecular weight is 476 g/mol. The molecular weight excluding hydrogens is 454 g/mol. The van der Waals surface area contributed by atoms with E-state index >= 15 is 0 Å². The number of carbonyl (C=O) groups excluding carboxylic acids is 1. The van der Waals surface area contributed by atoms with Gasteiger partial charge in [0.1, 0.15) is 0 Å². The third-order valence-electron chi connectivity index (χ3n) is 5.56. The van der Waals surface area contributed by atoms with Gasteiger partial charge in [0.05, 0.1) is 21.3 Å². The number of amides is 1. The molecule has 0 radical (unpaired) electrons. The van der Waals surface area contributed by atoms with Crippen molar-refractivity contribution in [1.82, 2.24) is 4.98 Å². The molecule has 0 unspecified atom stereocenters. The molecule has 8 heteroatoms. The molecule has 33 heavy (non-hydrogen) atoms. The molecule has 166 valence electrons. The molecule has 0 saturated heterocycles. The van der Waals surface area contributed by atoms with E-state index in [4.69, 9.17) is 0 Å². The number of aromatic nitrogens is 1. The van der Waals surface area contributed by atoms with Crippen molar-refractivity contribution < 1.29 is 13.2 Å². The van der Waals surface area contributed by atoms with E-state index in [0.717, 1.165) is 21.8 Å². The van der Waals surface area contributed by atoms with Gasteiger partial charge in [-0.2, -0.15) is 0 Å². The van der Waals surface area contributed by atoms with E-state index in [-0.39, 0.29) is 16.4 Å². The number of nitrogens with zero attached hydrogens (tertiary/aromatic N) is 2. The van der Waals surface area contributed by atoms with Gasteiger partial charge in [0.15, 0.2) is 0 Å². The molecule has 0 spiro atoms. The second-order valence-electron chi connectivity index (χ2n) is 7.77. The number of rotatable bonds is 5. The molecule has 6 nitrogen and oxygen atoms in total. The molecule has 1 N–H and O–H groups in total. The standard InChI is InChI=1S/C25H21N3O3S2/c1-17-26-23(16-32-17)19-7-4-9-21(14-19)27-25(29)20-8-5-10-22(15-20)33(30,31)28-13-12-18-6-2-3-11-24(18)28/h2-11,14-16H,12-13H2,1H3,(H,27,29). The minimum absolute atomic E-state index is 0.0959. The molecule has 4 aromatic rings. The number of anilines is 2. The summed E-state index contributed by atoms with van der Waals surface area (Å²) >= 11 is 1.57. The van der Waals surface area contributed by atoms with Crippen molar-refractivity contribution in [2.24, 2.45) is 0 Å². The number of para-hydroxylation sites is 1. The zero-order valence-corrected chi connectivity index (χ0v) is 19.5. The highest BCUT2D eigenvalue weighted by Crippen LogP contribution is 2.33. The molecule has 1 aliphatic rings. The summed E-state index contributed by atoms with van der Waals surface area (Å²) in [5.74, 6) is -0.375. The maximum Gasteiger partial charge on any atom is 0.264 e. The maximum absolute atomic E-state index is 13.3. The number of carbonyl (C=O) groups is 1. The Morgan fingerprint density at radius 1 is 1.03 bits per heavy atom. The van der Waals surface area contributed by atoms with Crippen molar-refractivity contribution in [3.05, 3.63) is 94.3 Å². The van der Waals surface area contributed by atoms with Gasteiger partial charge in [0, 0.05) is 28.7 Å². The number of hydrogen-bond donors (Lipinski definition) is 1. The van der Waals surface area contributed by atoms with Gasteiger partial charge >= 0.3 is 0 Å². The highest BCUT2D eigenvalue weighted by Gasteiger charge is 2.30. The van der Waals surface area contributed by atoms with Gasteiger partial charge < -0.3 is 5.32 Å². The summed E-state index contributed by atoms with van der Waals surface area (Å²) < 4.78 is 28.1. The summed E-state index contributed by atoms with van der Waals surface area (Å²) in [5, 5.41) is 5.81. The summed E-state index contributed by atoms with van der Waals surface area (Å²) in [6, 6.07) is 21.1.